The normalized spacial score (nSPS) is 10.5. The topological polar surface area (TPSA) is 56.7 Å². The SMILES string of the molecule is NCc1cnn(Cc2ccnc(Cl)c2)c1. The summed E-state index contributed by atoms with van der Waals surface area (Å²) < 4.78 is 1.83. The summed E-state index contributed by atoms with van der Waals surface area (Å²) in [4.78, 5) is 3.92. The van der Waals surface area contributed by atoms with Crippen LogP contribution >= 0.6 is 11.6 Å². The molecule has 0 aromatic carbocycles. The van der Waals surface area contributed by atoms with E-state index in [1.165, 1.54) is 0 Å². The van der Waals surface area contributed by atoms with Crippen LogP contribution in [0.25, 0.3) is 0 Å². The van der Waals surface area contributed by atoms with E-state index in [2.05, 4.69) is 10.1 Å². The molecule has 15 heavy (non-hydrogen) atoms. The highest BCUT2D eigenvalue weighted by Gasteiger charge is 1.99. The zero-order chi connectivity index (χ0) is 10.7. The van der Waals surface area contributed by atoms with Crippen molar-refractivity contribution in [2.24, 2.45) is 5.73 Å². The lowest BCUT2D eigenvalue weighted by Gasteiger charge is -2.01. The van der Waals surface area contributed by atoms with Crippen molar-refractivity contribution in [1.82, 2.24) is 14.8 Å². The van der Waals surface area contributed by atoms with Crippen LogP contribution in [0.2, 0.25) is 5.15 Å². The molecular formula is C10H11ClN4. The molecule has 2 rings (SSSR count). The molecule has 78 valence electrons. The van der Waals surface area contributed by atoms with Crippen molar-refractivity contribution in [2.75, 3.05) is 0 Å². The van der Waals surface area contributed by atoms with E-state index in [9.17, 15) is 0 Å². The molecular weight excluding hydrogens is 212 g/mol. The van der Waals surface area contributed by atoms with Crippen molar-refractivity contribution in [3.8, 4) is 0 Å². The molecule has 2 N–H and O–H groups in total. The van der Waals surface area contributed by atoms with Crippen molar-refractivity contribution >= 4 is 11.6 Å². The van der Waals surface area contributed by atoms with Crippen LogP contribution in [0.5, 0.6) is 0 Å². The zero-order valence-electron chi connectivity index (χ0n) is 8.10. The van der Waals surface area contributed by atoms with Crippen LogP contribution in [-0.4, -0.2) is 14.8 Å². The highest BCUT2D eigenvalue weighted by Crippen LogP contribution is 2.08. The number of hydrogen-bond donors (Lipinski definition) is 1. The van der Waals surface area contributed by atoms with E-state index in [1.54, 1.807) is 12.4 Å². The maximum absolute atomic E-state index is 5.78. The molecule has 0 saturated carbocycles. The van der Waals surface area contributed by atoms with Gasteiger partial charge in [-0.05, 0) is 17.7 Å². The number of pyridine rings is 1. The third-order valence-electron chi connectivity index (χ3n) is 2.06. The Labute approximate surface area is 92.7 Å². The van der Waals surface area contributed by atoms with E-state index >= 15 is 0 Å². The van der Waals surface area contributed by atoms with Crippen LogP contribution in [0.4, 0.5) is 0 Å². The summed E-state index contributed by atoms with van der Waals surface area (Å²) in [6.07, 6.45) is 5.38. The average molecular weight is 223 g/mol. The third-order valence-corrected chi connectivity index (χ3v) is 2.26. The van der Waals surface area contributed by atoms with E-state index in [0.717, 1.165) is 11.1 Å². The van der Waals surface area contributed by atoms with Gasteiger partial charge in [-0.3, -0.25) is 4.68 Å². The first-order chi connectivity index (χ1) is 7.28. The van der Waals surface area contributed by atoms with Gasteiger partial charge in [-0.25, -0.2) is 4.98 Å². The van der Waals surface area contributed by atoms with Crippen LogP contribution < -0.4 is 5.73 Å². The minimum absolute atomic E-state index is 0.499. The van der Waals surface area contributed by atoms with Crippen molar-refractivity contribution < 1.29 is 0 Å². The van der Waals surface area contributed by atoms with Gasteiger partial charge in [-0.1, -0.05) is 11.6 Å². The molecule has 0 atom stereocenters. The van der Waals surface area contributed by atoms with Gasteiger partial charge in [0, 0.05) is 24.5 Å². The molecule has 5 heteroatoms. The third kappa shape index (κ3) is 2.55. The minimum Gasteiger partial charge on any atom is -0.326 e. The Morgan fingerprint density at radius 3 is 2.93 bits per heavy atom. The van der Waals surface area contributed by atoms with Gasteiger partial charge >= 0.3 is 0 Å². The molecule has 2 heterocycles. The number of rotatable bonds is 3. The first-order valence-corrected chi connectivity index (χ1v) is 4.97. The molecule has 4 nitrogen and oxygen atoms in total. The second-order valence-corrected chi connectivity index (χ2v) is 3.62. The molecule has 0 aliphatic carbocycles. The van der Waals surface area contributed by atoms with Crippen molar-refractivity contribution in [3.05, 3.63) is 47.0 Å². The molecule has 2 aromatic heterocycles. The van der Waals surface area contributed by atoms with Crippen molar-refractivity contribution in [1.29, 1.82) is 0 Å². The lowest BCUT2D eigenvalue weighted by atomic mass is 10.3. The number of nitrogens with zero attached hydrogens (tertiary/aromatic N) is 3. The van der Waals surface area contributed by atoms with Gasteiger partial charge in [0.05, 0.1) is 12.7 Å². The second kappa shape index (κ2) is 4.42. The molecule has 0 amide bonds. The van der Waals surface area contributed by atoms with Gasteiger partial charge < -0.3 is 5.73 Å². The van der Waals surface area contributed by atoms with Gasteiger partial charge in [0.1, 0.15) is 5.15 Å². The fraction of sp³-hybridized carbons (Fsp3) is 0.200. The van der Waals surface area contributed by atoms with Crippen LogP contribution in [0.1, 0.15) is 11.1 Å². The van der Waals surface area contributed by atoms with Gasteiger partial charge in [-0.15, -0.1) is 0 Å². The molecule has 0 aliphatic rings. The smallest absolute Gasteiger partial charge is 0.129 e. The predicted molar refractivity (Wildman–Crippen MR) is 58.5 cm³/mol. The lowest BCUT2D eigenvalue weighted by molar-refractivity contribution is 0.685. The summed E-state index contributed by atoms with van der Waals surface area (Å²) in [5.74, 6) is 0. The molecule has 0 saturated heterocycles. The standard InChI is InChI=1S/C10H11ClN4/c11-10-3-8(1-2-13-10)6-15-7-9(4-12)5-14-15/h1-3,5,7H,4,6,12H2. The Bertz CT molecular complexity index is 452. The summed E-state index contributed by atoms with van der Waals surface area (Å²) in [7, 11) is 0. The second-order valence-electron chi connectivity index (χ2n) is 3.24. The summed E-state index contributed by atoms with van der Waals surface area (Å²) in [5, 5.41) is 4.68. The van der Waals surface area contributed by atoms with Crippen LogP contribution in [-0.2, 0) is 13.1 Å². The summed E-state index contributed by atoms with van der Waals surface area (Å²) >= 11 is 5.78. The zero-order valence-corrected chi connectivity index (χ0v) is 8.85. The van der Waals surface area contributed by atoms with E-state index in [4.69, 9.17) is 17.3 Å². The number of aromatic nitrogens is 3. The maximum Gasteiger partial charge on any atom is 0.129 e. The summed E-state index contributed by atoms with van der Waals surface area (Å²) in [6.45, 7) is 1.19. The first-order valence-electron chi connectivity index (χ1n) is 4.60. The number of nitrogens with two attached hydrogens (primary N) is 1. The molecule has 0 radical (unpaired) electrons. The van der Waals surface area contributed by atoms with E-state index < -0.39 is 0 Å². The summed E-state index contributed by atoms with van der Waals surface area (Å²) in [6, 6.07) is 3.74. The summed E-state index contributed by atoms with van der Waals surface area (Å²) in [5.41, 5.74) is 7.59. The molecule has 0 aliphatic heterocycles. The Hall–Kier alpha value is -1.39. The Morgan fingerprint density at radius 2 is 2.27 bits per heavy atom. The van der Waals surface area contributed by atoms with Crippen LogP contribution in [0.15, 0.2) is 30.7 Å². The maximum atomic E-state index is 5.78. The highest BCUT2D eigenvalue weighted by molar-refractivity contribution is 6.29. The average Bonchev–Trinajstić information content (AvgIpc) is 2.65. The molecule has 0 bridgehead atoms. The molecule has 0 fully saturated rings. The first kappa shape index (κ1) is 10.1. The monoisotopic (exact) mass is 222 g/mol. The molecule has 0 spiro atoms. The number of halogens is 1. The van der Waals surface area contributed by atoms with Gasteiger partial charge in [0.15, 0.2) is 0 Å². The van der Waals surface area contributed by atoms with Crippen molar-refractivity contribution in [2.45, 2.75) is 13.1 Å². The quantitative estimate of drug-likeness (QED) is 0.800. The molecule has 2 aromatic rings. The van der Waals surface area contributed by atoms with Gasteiger partial charge in [0.25, 0.3) is 0 Å². The van der Waals surface area contributed by atoms with Gasteiger partial charge in [-0.2, -0.15) is 5.10 Å². The van der Waals surface area contributed by atoms with Crippen LogP contribution in [0.3, 0.4) is 0 Å². The van der Waals surface area contributed by atoms with E-state index in [0.29, 0.717) is 18.2 Å². The van der Waals surface area contributed by atoms with Crippen molar-refractivity contribution in [3.63, 3.8) is 0 Å². The molecule has 0 unspecified atom stereocenters. The number of hydrogen-bond acceptors (Lipinski definition) is 3. The fourth-order valence-corrected chi connectivity index (χ4v) is 1.52. The predicted octanol–water partition coefficient (Wildman–Crippen LogP) is 1.44. The Balaban J connectivity index is 2.14. The Kier molecular flexibility index (Phi) is 2.99. The largest absolute Gasteiger partial charge is 0.326 e. The van der Waals surface area contributed by atoms with Gasteiger partial charge in [0.2, 0.25) is 0 Å². The van der Waals surface area contributed by atoms with E-state index in [1.807, 2.05) is 23.0 Å². The highest BCUT2D eigenvalue weighted by atomic mass is 35.5. The fourth-order valence-electron chi connectivity index (χ4n) is 1.33. The lowest BCUT2D eigenvalue weighted by Crippen LogP contribution is -2.00. The van der Waals surface area contributed by atoms with Crippen LogP contribution in [0, 0.1) is 0 Å². The Morgan fingerprint density at radius 1 is 1.40 bits per heavy atom. The minimum atomic E-state index is 0.499. The van der Waals surface area contributed by atoms with E-state index in [-0.39, 0.29) is 0 Å².